The van der Waals surface area contributed by atoms with E-state index in [0.29, 0.717) is 18.6 Å². The molecule has 0 aliphatic carbocycles. The Labute approximate surface area is 91.7 Å². The monoisotopic (exact) mass is 237 g/mol. The lowest BCUT2D eigenvalue weighted by Crippen LogP contribution is -2.36. The van der Waals surface area contributed by atoms with Crippen LogP contribution < -0.4 is 5.32 Å². The molecule has 2 N–H and O–H groups in total. The van der Waals surface area contributed by atoms with E-state index in [4.69, 9.17) is 16.7 Å². The summed E-state index contributed by atoms with van der Waals surface area (Å²) in [4.78, 5) is 20.6. The van der Waals surface area contributed by atoms with Crippen LogP contribution in [-0.4, -0.2) is 35.0 Å². The van der Waals surface area contributed by atoms with Gasteiger partial charge in [-0.15, -0.1) is 0 Å². The minimum absolute atomic E-state index is 0.405. The number of halogens is 1. The molecule has 1 amide bonds. The van der Waals surface area contributed by atoms with Gasteiger partial charge in [-0.25, -0.2) is 4.79 Å². The number of carbonyl (C=O) groups excluding carboxylic acids is 1. The molecule has 0 aliphatic heterocycles. The summed E-state index contributed by atoms with van der Waals surface area (Å²) >= 11 is 6.86. The molecule has 1 unspecified atom stereocenters. The van der Waals surface area contributed by atoms with Crippen LogP contribution in [0.15, 0.2) is 11.6 Å². The Hall–Kier alpha value is -0.680. The zero-order chi connectivity index (χ0) is 10.8. The van der Waals surface area contributed by atoms with Crippen molar-refractivity contribution in [2.24, 2.45) is 0 Å². The first-order chi connectivity index (χ1) is 6.72. The molecule has 80 valence electrons. The number of rotatable bonds is 8. The van der Waals surface area contributed by atoms with Crippen LogP contribution in [-0.2, 0) is 9.59 Å². The van der Waals surface area contributed by atoms with E-state index in [0.717, 1.165) is 5.75 Å². The fourth-order valence-electron chi connectivity index (χ4n) is 0.749. The number of carboxylic acids is 1. The van der Waals surface area contributed by atoms with E-state index >= 15 is 0 Å². The molecule has 14 heavy (non-hydrogen) atoms. The summed E-state index contributed by atoms with van der Waals surface area (Å²) in [6.07, 6.45) is 2.59. The van der Waals surface area contributed by atoms with Crippen molar-refractivity contribution in [3.05, 3.63) is 11.6 Å². The van der Waals surface area contributed by atoms with Crippen LogP contribution in [0.2, 0.25) is 0 Å². The van der Waals surface area contributed by atoms with E-state index in [-0.39, 0.29) is 0 Å². The Bertz CT molecular complexity index is 211. The van der Waals surface area contributed by atoms with Gasteiger partial charge < -0.3 is 10.4 Å². The third-order valence-electron chi connectivity index (χ3n) is 1.42. The van der Waals surface area contributed by atoms with Crippen molar-refractivity contribution in [3.8, 4) is 0 Å². The maximum atomic E-state index is 10.5. The Morgan fingerprint density at radius 1 is 1.64 bits per heavy atom. The number of hydrogen-bond acceptors (Lipinski definition) is 3. The van der Waals surface area contributed by atoms with Gasteiger partial charge in [0.05, 0.1) is 0 Å². The van der Waals surface area contributed by atoms with Gasteiger partial charge >= 0.3 is 5.97 Å². The van der Waals surface area contributed by atoms with Crippen LogP contribution in [0.4, 0.5) is 0 Å². The van der Waals surface area contributed by atoms with Crippen molar-refractivity contribution in [3.63, 3.8) is 0 Å². The molecule has 0 aromatic carbocycles. The molecule has 1 atom stereocenters. The number of carbonyl (C=O) groups is 2. The maximum absolute atomic E-state index is 10.5. The van der Waals surface area contributed by atoms with Crippen molar-refractivity contribution in [2.45, 2.75) is 12.5 Å². The molecule has 0 saturated heterocycles. The third-order valence-corrected chi connectivity index (χ3v) is 2.55. The van der Waals surface area contributed by atoms with Gasteiger partial charge in [0.25, 0.3) is 0 Å². The highest BCUT2D eigenvalue weighted by molar-refractivity contribution is 7.99. The smallest absolute Gasteiger partial charge is 0.326 e. The van der Waals surface area contributed by atoms with Gasteiger partial charge in [-0.3, -0.25) is 4.79 Å². The molecular formula is C8H12ClNO3S. The Morgan fingerprint density at radius 2 is 2.36 bits per heavy atom. The number of nitrogens with one attached hydrogen (secondary N) is 1. The number of thioether (sulfide) groups is 1. The molecule has 6 heteroatoms. The molecule has 4 nitrogen and oxygen atoms in total. The lowest BCUT2D eigenvalue weighted by atomic mass is 10.2. The minimum Gasteiger partial charge on any atom is -0.480 e. The summed E-state index contributed by atoms with van der Waals surface area (Å²) in [5.74, 6) is 0.404. The molecule has 0 heterocycles. The van der Waals surface area contributed by atoms with Crippen molar-refractivity contribution in [1.82, 2.24) is 5.32 Å². The first-order valence-electron chi connectivity index (χ1n) is 3.97. The first-order valence-corrected chi connectivity index (χ1v) is 5.57. The van der Waals surface area contributed by atoms with Gasteiger partial charge in [-0.2, -0.15) is 11.8 Å². The quantitative estimate of drug-likeness (QED) is 0.489. The summed E-state index contributed by atoms with van der Waals surface area (Å²) < 4.78 is 0. The predicted molar refractivity (Wildman–Crippen MR) is 57.6 cm³/mol. The number of carboxylic acid groups (broad SMARTS) is 1. The summed E-state index contributed by atoms with van der Waals surface area (Å²) in [5, 5.41) is 10.9. The van der Waals surface area contributed by atoms with Crippen molar-refractivity contribution in [1.29, 1.82) is 0 Å². The van der Waals surface area contributed by atoms with Gasteiger partial charge in [0.15, 0.2) is 0 Å². The molecule has 0 fully saturated rings. The van der Waals surface area contributed by atoms with Crippen molar-refractivity contribution < 1.29 is 14.7 Å². The van der Waals surface area contributed by atoms with Gasteiger partial charge in [0.1, 0.15) is 6.04 Å². The van der Waals surface area contributed by atoms with Gasteiger partial charge in [0.2, 0.25) is 6.41 Å². The molecule has 0 spiro atoms. The molecule has 0 aromatic rings. The van der Waals surface area contributed by atoms with E-state index < -0.39 is 12.0 Å². The second kappa shape index (κ2) is 8.90. The average Bonchev–Trinajstić information content (AvgIpc) is 2.15. The zero-order valence-electron chi connectivity index (χ0n) is 7.48. The summed E-state index contributed by atoms with van der Waals surface area (Å²) in [7, 11) is 0. The molecule has 0 saturated carbocycles. The lowest BCUT2D eigenvalue weighted by molar-refractivity contribution is -0.140. The molecule has 0 aromatic heterocycles. The van der Waals surface area contributed by atoms with Gasteiger partial charge in [0, 0.05) is 11.3 Å². The Kier molecular flexibility index (Phi) is 8.47. The van der Waals surface area contributed by atoms with Gasteiger partial charge in [-0.1, -0.05) is 17.7 Å². The zero-order valence-corrected chi connectivity index (χ0v) is 9.05. The maximum Gasteiger partial charge on any atom is 0.326 e. The largest absolute Gasteiger partial charge is 0.480 e. The highest BCUT2D eigenvalue weighted by Crippen LogP contribution is 2.05. The Morgan fingerprint density at radius 3 is 2.86 bits per heavy atom. The fraction of sp³-hybridized carbons (Fsp3) is 0.500. The standard InChI is InChI=1S/C8H12ClNO3S/c9-3-1-4-14-5-2-7(8(12)13)10-6-11/h1,3,6-7H,2,4-5H2,(H,10,11)(H,12,13). The molecular weight excluding hydrogens is 226 g/mol. The summed E-state index contributed by atoms with van der Waals surface area (Å²) in [5.41, 5.74) is 1.42. The van der Waals surface area contributed by atoms with E-state index in [2.05, 4.69) is 5.32 Å². The van der Waals surface area contributed by atoms with Crippen LogP contribution in [0, 0.1) is 0 Å². The van der Waals surface area contributed by atoms with E-state index in [1.807, 2.05) is 0 Å². The lowest BCUT2D eigenvalue weighted by Gasteiger charge is -2.09. The predicted octanol–water partition coefficient (Wildman–Crippen LogP) is 1.06. The highest BCUT2D eigenvalue weighted by Gasteiger charge is 2.14. The van der Waals surface area contributed by atoms with Crippen LogP contribution in [0.5, 0.6) is 0 Å². The van der Waals surface area contributed by atoms with Gasteiger partial charge in [-0.05, 0) is 12.2 Å². The summed E-state index contributed by atoms with van der Waals surface area (Å²) in [6.45, 7) is 0. The SMILES string of the molecule is O=CNC(CCSCC=CCl)C(=O)O. The van der Waals surface area contributed by atoms with Crippen LogP contribution in [0.1, 0.15) is 6.42 Å². The first kappa shape index (κ1) is 13.3. The Balaban J connectivity index is 3.60. The van der Waals surface area contributed by atoms with Crippen LogP contribution in [0.25, 0.3) is 0 Å². The molecule has 0 radical (unpaired) electrons. The summed E-state index contributed by atoms with van der Waals surface area (Å²) in [6, 6.07) is -0.792. The second-order valence-electron chi connectivity index (χ2n) is 2.40. The minimum atomic E-state index is -1.01. The third kappa shape index (κ3) is 6.80. The number of aliphatic carboxylic acids is 1. The second-order valence-corrected chi connectivity index (χ2v) is 3.80. The van der Waals surface area contributed by atoms with Crippen LogP contribution >= 0.6 is 23.4 Å². The van der Waals surface area contributed by atoms with E-state index in [1.165, 1.54) is 5.54 Å². The average molecular weight is 238 g/mol. The fourth-order valence-corrected chi connectivity index (χ4v) is 1.75. The molecule has 0 rings (SSSR count). The number of hydrogen-bond donors (Lipinski definition) is 2. The van der Waals surface area contributed by atoms with Crippen molar-refractivity contribution >= 4 is 35.7 Å². The highest BCUT2D eigenvalue weighted by atomic mass is 35.5. The topological polar surface area (TPSA) is 66.4 Å². The van der Waals surface area contributed by atoms with E-state index in [9.17, 15) is 9.59 Å². The van der Waals surface area contributed by atoms with Crippen LogP contribution in [0.3, 0.4) is 0 Å². The van der Waals surface area contributed by atoms with E-state index in [1.54, 1.807) is 17.8 Å². The molecule has 0 aliphatic rings. The number of amides is 1. The normalized spacial score (nSPS) is 12.6. The van der Waals surface area contributed by atoms with Crippen molar-refractivity contribution in [2.75, 3.05) is 11.5 Å². The molecule has 0 bridgehead atoms.